The fourth-order valence-corrected chi connectivity index (χ4v) is 1.95. The molecule has 0 saturated heterocycles. The molecule has 0 aliphatic heterocycles. The molecule has 1 aromatic carbocycles. The molecule has 0 spiro atoms. The Morgan fingerprint density at radius 2 is 2.13 bits per heavy atom. The summed E-state index contributed by atoms with van der Waals surface area (Å²) in [6.45, 7) is 2.87. The summed E-state index contributed by atoms with van der Waals surface area (Å²) in [5.41, 5.74) is 1.15. The van der Waals surface area contributed by atoms with Gasteiger partial charge in [-0.3, -0.25) is 0 Å². The Morgan fingerprint density at radius 1 is 1.33 bits per heavy atom. The van der Waals surface area contributed by atoms with E-state index in [1.54, 1.807) is 0 Å². The molecule has 0 radical (unpaired) electrons. The van der Waals surface area contributed by atoms with Crippen molar-refractivity contribution >= 4 is 27.5 Å². The van der Waals surface area contributed by atoms with Gasteiger partial charge in [-0.15, -0.1) is 0 Å². The lowest BCUT2D eigenvalue weighted by molar-refractivity contribution is 0.309. The molecule has 0 bridgehead atoms. The molecular weight excluding hydrogens is 275 g/mol. The summed E-state index contributed by atoms with van der Waals surface area (Å²) in [6.07, 6.45) is 3.17. The lowest BCUT2D eigenvalue weighted by atomic mass is 10.1. The lowest BCUT2D eigenvalue weighted by Crippen LogP contribution is -1.98. The highest BCUT2D eigenvalue weighted by molar-refractivity contribution is 9.09. The van der Waals surface area contributed by atoms with Gasteiger partial charge in [0.15, 0.2) is 0 Å². The Bertz CT molecular complexity index is 302. The second-order valence-corrected chi connectivity index (χ2v) is 4.55. The normalized spacial score (nSPS) is 10.3. The van der Waals surface area contributed by atoms with E-state index in [4.69, 9.17) is 16.3 Å². The van der Waals surface area contributed by atoms with Gasteiger partial charge in [0.2, 0.25) is 0 Å². The maximum Gasteiger partial charge on any atom is 0.119 e. The zero-order valence-electron chi connectivity index (χ0n) is 8.93. The van der Waals surface area contributed by atoms with Crippen molar-refractivity contribution in [2.24, 2.45) is 0 Å². The third-order valence-electron chi connectivity index (χ3n) is 2.19. The largest absolute Gasteiger partial charge is 0.494 e. The molecule has 0 aromatic heterocycles. The number of ether oxygens (including phenoxy) is 1. The molecule has 84 valence electrons. The molecule has 15 heavy (non-hydrogen) atoms. The van der Waals surface area contributed by atoms with Crippen LogP contribution in [0, 0.1) is 0 Å². The number of hydrogen-bond acceptors (Lipinski definition) is 1. The smallest absolute Gasteiger partial charge is 0.119 e. The number of hydrogen-bond donors (Lipinski definition) is 0. The standard InChI is InChI=1S/C12H16BrClO/c1-2-10-9-11(5-6-12(10)14)15-8-4-3-7-13/h5-6,9H,2-4,7-8H2,1H3. The first-order valence-corrected chi connectivity index (χ1v) is 6.75. The zero-order chi connectivity index (χ0) is 11.1. The topological polar surface area (TPSA) is 9.23 Å². The van der Waals surface area contributed by atoms with Crippen LogP contribution in [0.3, 0.4) is 0 Å². The highest BCUT2D eigenvalue weighted by atomic mass is 79.9. The summed E-state index contributed by atoms with van der Waals surface area (Å²) < 4.78 is 5.63. The van der Waals surface area contributed by atoms with Crippen LogP contribution in [0.15, 0.2) is 18.2 Å². The molecule has 0 amide bonds. The van der Waals surface area contributed by atoms with E-state index in [9.17, 15) is 0 Å². The molecular formula is C12H16BrClO. The van der Waals surface area contributed by atoms with Crippen LogP contribution in [0.5, 0.6) is 5.75 Å². The van der Waals surface area contributed by atoms with Crippen molar-refractivity contribution in [2.75, 3.05) is 11.9 Å². The molecule has 0 aliphatic carbocycles. The fraction of sp³-hybridized carbons (Fsp3) is 0.500. The third kappa shape index (κ3) is 4.43. The van der Waals surface area contributed by atoms with Gasteiger partial charge < -0.3 is 4.74 Å². The van der Waals surface area contributed by atoms with Gasteiger partial charge in [-0.25, -0.2) is 0 Å². The van der Waals surface area contributed by atoms with E-state index >= 15 is 0 Å². The molecule has 0 saturated carbocycles. The lowest BCUT2D eigenvalue weighted by Gasteiger charge is -2.08. The zero-order valence-corrected chi connectivity index (χ0v) is 11.3. The van der Waals surface area contributed by atoms with Gasteiger partial charge in [-0.2, -0.15) is 0 Å². The Balaban J connectivity index is 2.47. The predicted octanol–water partition coefficient (Wildman–Crippen LogP) is 4.46. The highest BCUT2D eigenvalue weighted by Gasteiger charge is 2.00. The Labute approximate surface area is 105 Å². The second kappa shape index (κ2) is 7.13. The number of rotatable bonds is 6. The molecule has 0 fully saturated rings. The first-order valence-electron chi connectivity index (χ1n) is 5.25. The summed E-state index contributed by atoms with van der Waals surface area (Å²) in [5, 5.41) is 1.86. The third-order valence-corrected chi connectivity index (χ3v) is 3.12. The number of halogens is 2. The summed E-state index contributed by atoms with van der Waals surface area (Å²) in [7, 11) is 0. The van der Waals surface area contributed by atoms with Crippen LogP contribution in [0.2, 0.25) is 5.02 Å². The van der Waals surface area contributed by atoms with Crippen LogP contribution < -0.4 is 4.74 Å². The Hall–Kier alpha value is -0.210. The SMILES string of the molecule is CCc1cc(OCCCCBr)ccc1Cl. The van der Waals surface area contributed by atoms with Crippen LogP contribution in [-0.2, 0) is 6.42 Å². The van der Waals surface area contributed by atoms with Gasteiger partial charge in [-0.1, -0.05) is 34.5 Å². The molecule has 1 aromatic rings. The maximum absolute atomic E-state index is 6.02. The molecule has 0 N–H and O–H groups in total. The van der Waals surface area contributed by atoms with Crippen LogP contribution in [0.4, 0.5) is 0 Å². The van der Waals surface area contributed by atoms with Gasteiger partial charge in [0, 0.05) is 10.4 Å². The minimum Gasteiger partial charge on any atom is -0.494 e. The van der Waals surface area contributed by atoms with Gasteiger partial charge in [0.1, 0.15) is 5.75 Å². The predicted molar refractivity (Wildman–Crippen MR) is 69.4 cm³/mol. The van der Waals surface area contributed by atoms with Gasteiger partial charge in [0.25, 0.3) is 0 Å². The van der Waals surface area contributed by atoms with Crippen LogP contribution >= 0.6 is 27.5 Å². The number of benzene rings is 1. The quantitative estimate of drug-likeness (QED) is 0.555. The monoisotopic (exact) mass is 290 g/mol. The molecule has 0 aliphatic rings. The Morgan fingerprint density at radius 3 is 2.80 bits per heavy atom. The van der Waals surface area contributed by atoms with Crippen molar-refractivity contribution in [3.63, 3.8) is 0 Å². The van der Waals surface area contributed by atoms with Gasteiger partial charge in [-0.05, 0) is 43.0 Å². The molecule has 0 atom stereocenters. The first-order chi connectivity index (χ1) is 7.27. The van der Waals surface area contributed by atoms with E-state index in [-0.39, 0.29) is 0 Å². The van der Waals surface area contributed by atoms with E-state index in [0.717, 1.165) is 47.5 Å². The summed E-state index contributed by atoms with van der Waals surface area (Å²) in [4.78, 5) is 0. The van der Waals surface area contributed by atoms with Crippen molar-refractivity contribution in [3.05, 3.63) is 28.8 Å². The summed E-state index contributed by atoms with van der Waals surface area (Å²) in [5.74, 6) is 0.922. The fourth-order valence-electron chi connectivity index (χ4n) is 1.30. The van der Waals surface area contributed by atoms with E-state index in [0.29, 0.717) is 0 Å². The van der Waals surface area contributed by atoms with E-state index in [1.165, 1.54) is 0 Å². The second-order valence-electron chi connectivity index (χ2n) is 3.35. The highest BCUT2D eigenvalue weighted by Crippen LogP contribution is 2.22. The summed E-state index contributed by atoms with van der Waals surface area (Å²) >= 11 is 9.41. The average molecular weight is 292 g/mol. The van der Waals surface area contributed by atoms with Gasteiger partial charge in [0.05, 0.1) is 6.61 Å². The minimum absolute atomic E-state index is 0.774. The van der Waals surface area contributed by atoms with E-state index in [2.05, 4.69) is 22.9 Å². The maximum atomic E-state index is 6.02. The van der Waals surface area contributed by atoms with Crippen molar-refractivity contribution in [1.29, 1.82) is 0 Å². The van der Waals surface area contributed by atoms with Crippen molar-refractivity contribution in [3.8, 4) is 5.75 Å². The van der Waals surface area contributed by atoms with Crippen molar-refractivity contribution in [2.45, 2.75) is 26.2 Å². The van der Waals surface area contributed by atoms with Crippen LogP contribution in [-0.4, -0.2) is 11.9 Å². The minimum atomic E-state index is 0.774. The van der Waals surface area contributed by atoms with Crippen molar-refractivity contribution < 1.29 is 4.74 Å². The molecule has 1 rings (SSSR count). The van der Waals surface area contributed by atoms with E-state index < -0.39 is 0 Å². The molecule has 0 heterocycles. The number of aryl methyl sites for hydroxylation is 1. The number of alkyl halides is 1. The van der Waals surface area contributed by atoms with Crippen molar-refractivity contribution in [1.82, 2.24) is 0 Å². The van der Waals surface area contributed by atoms with Crippen LogP contribution in [0.25, 0.3) is 0 Å². The average Bonchev–Trinajstić information content (AvgIpc) is 2.26. The molecule has 0 unspecified atom stereocenters. The first kappa shape index (κ1) is 12.9. The van der Waals surface area contributed by atoms with Crippen LogP contribution in [0.1, 0.15) is 25.3 Å². The number of unbranched alkanes of at least 4 members (excludes halogenated alkanes) is 1. The van der Waals surface area contributed by atoms with Gasteiger partial charge >= 0.3 is 0 Å². The Kier molecular flexibility index (Phi) is 6.11. The summed E-state index contributed by atoms with van der Waals surface area (Å²) in [6, 6.07) is 5.85. The molecule has 3 heteroatoms. The molecule has 1 nitrogen and oxygen atoms in total. The van der Waals surface area contributed by atoms with E-state index in [1.807, 2.05) is 18.2 Å².